The second-order valence-electron chi connectivity index (χ2n) is 6.24. The molecular weight excluding hydrogens is 280 g/mol. The van der Waals surface area contributed by atoms with Crippen LogP contribution in [0.2, 0.25) is 0 Å². The van der Waals surface area contributed by atoms with Gasteiger partial charge in [-0.3, -0.25) is 19.9 Å². The van der Waals surface area contributed by atoms with Gasteiger partial charge in [0.05, 0.1) is 0 Å². The predicted octanol–water partition coefficient (Wildman–Crippen LogP) is 0.945. The van der Waals surface area contributed by atoms with Crippen molar-refractivity contribution in [1.82, 2.24) is 14.9 Å². The third-order valence-corrected chi connectivity index (χ3v) is 5.00. The quantitative estimate of drug-likeness (QED) is 0.495. The fourth-order valence-electron chi connectivity index (χ4n) is 3.79. The number of nitrogens with one attached hydrogen (secondary N) is 1. The highest BCUT2D eigenvalue weighted by atomic mass is 16.2. The van der Waals surface area contributed by atoms with Gasteiger partial charge in [-0.05, 0) is 31.0 Å². The minimum atomic E-state index is -0.492. The van der Waals surface area contributed by atoms with Crippen LogP contribution in [0.3, 0.4) is 0 Å². The second kappa shape index (κ2) is 6.22. The lowest BCUT2D eigenvalue weighted by atomic mass is 10.0. The molecule has 1 amide bonds. The molecule has 1 fully saturated rings. The number of carbonyl (C=O) groups is 1. The first-order valence-corrected chi connectivity index (χ1v) is 8.16. The fraction of sp³-hybridized carbons (Fsp3) is 0.625. The summed E-state index contributed by atoms with van der Waals surface area (Å²) in [5.74, 6) is 4.76. The van der Waals surface area contributed by atoms with Crippen molar-refractivity contribution < 1.29 is 4.79 Å². The monoisotopic (exact) mass is 304 g/mol. The summed E-state index contributed by atoms with van der Waals surface area (Å²) in [6.07, 6.45) is 5.23. The first-order valence-electron chi connectivity index (χ1n) is 8.16. The summed E-state index contributed by atoms with van der Waals surface area (Å²) in [4.78, 5) is 27.1. The molecule has 0 saturated heterocycles. The van der Waals surface area contributed by atoms with E-state index in [0.717, 1.165) is 63.0 Å². The van der Waals surface area contributed by atoms with Crippen LogP contribution in [0.15, 0.2) is 10.9 Å². The number of amides is 1. The molecule has 0 bridgehead atoms. The van der Waals surface area contributed by atoms with E-state index in [2.05, 4.69) is 17.2 Å². The SMILES string of the molecule is CCN1CCc2c(cc(C(=O)NN)c(=O)n2C2CCCC2)C1. The van der Waals surface area contributed by atoms with Gasteiger partial charge >= 0.3 is 0 Å². The molecular formula is C16H24N4O2. The molecule has 120 valence electrons. The molecule has 0 radical (unpaired) electrons. The Balaban J connectivity index is 2.14. The van der Waals surface area contributed by atoms with Crippen LogP contribution in [0.25, 0.3) is 0 Å². The van der Waals surface area contributed by atoms with E-state index in [-0.39, 0.29) is 17.2 Å². The van der Waals surface area contributed by atoms with E-state index < -0.39 is 5.91 Å². The summed E-state index contributed by atoms with van der Waals surface area (Å²) in [6, 6.07) is 1.98. The van der Waals surface area contributed by atoms with Gasteiger partial charge in [0.2, 0.25) is 0 Å². The lowest BCUT2D eigenvalue weighted by Gasteiger charge is -2.31. The number of hydrazine groups is 1. The van der Waals surface area contributed by atoms with E-state index in [1.807, 2.05) is 4.57 Å². The van der Waals surface area contributed by atoms with E-state index in [4.69, 9.17) is 5.84 Å². The minimum absolute atomic E-state index is 0.172. The molecule has 22 heavy (non-hydrogen) atoms. The van der Waals surface area contributed by atoms with Crippen LogP contribution in [-0.2, 0) is 13.0 Å². The highest BCUT2D eigenvalue weighted by Gasteiger charge is 2.28. The average Bonchev–Trinajstić information content (AvgIpc) is 3.07. The van der Waals surface area contributed by atoms with Crippen molar-refractivity contribution in [3.63, 3.8) is 0 Å². The molecule has 1 saturated carbocycles. The molecule has 0 spiro atoms. The smallest absolute Gasteiger partial charge is 0.270 e. The van der Waals surface area contributed by atoms with Gasteiger partial charge in [0, 0.05) is 31.2 Å². The van der Waals surface area contributed by atoms with Crippen LogP contribution < -0.4 is 16.8 Å². The Labute approximate surface area is 130 Å². The zero-order valence-corrected chi connectivity index (χ0v) is 13.1. The van der Waals surface area contributed by atoms with E-state index in [1.54, 1.807) is 6.07 Å². The molecule has 2 aliphatic rings. The van der Waals surface area contributed by atoms with Crippen molar-refractivity contribution in [2.24, 2.45) is 5.84 Å². The number of nitrogens with zero attached hydrogens (tertiary/aromatic N) is 2. The van der Waals surface area contributed by atoms with Gasteiger partial charge in [0.15, 0.2) is 0 Å². The summed E-state index contributed by atoms with van der Waals surface area (Å²) >= 11 is 0. The van der Waals surface area contributed by atoms with Crippen LogP contribution in [0, 0.1) is 0 Å². The fourth-order valence-corrected chi connectivity index (χ4v) is 3.79. The van der Waals surface area contributed by atoms with Gasteiger partial charge in [-0.2, -0.15) is 0 Å². The molecule has 3 rings (SSSR count). The summed E-state index contributed by atoms with van der Waals surface area (Å²) in [5.41, 5.74) is 4.31. The Morgan fingerprint density at radius 3 is 2.77 bits per heavy atom. The first kappa shape index (κ1) is 15.2. The normalized spacial score (nSPS) is 19.2. The standard InChI is InChI=1S/C16H24N4O2/c1-2-19-8-7-14-11(10-19)9-13(15(21)18-17)16(22)20(14)12-5-3-4-6-12/h9,12H,2-8,10,17H2,1H3,(H,18,21). The summed E-state index contributed by atoms with van der Waals surface area (Å²) in [6.45, 7) is 4.87. The van der Waals surface area contributed by atoms with Crippen LogP contribution in [0.5, 0.6) is 0 Å². The molecule has 6 nitrogen and oxygen atoms in total. The van der Waals surface area contributed by atoms with Crippen molar-refractivity contribution >= 4 is 5.91 Å². The van der Waals surface area contributed by atoms with Gasteiger partial charge in [0.25, 0.3) is 11.5 Å². The van der Waals surface area contributed by atoms with Crippen molar-refractivity contribution in [3.05, 3.63) is 33.2 Å². The van der Waals surface area contributed by atoms with Crippen LogP contribution in [0.1, 0.15) is 60.3 Å². The lowest BCUT2D eigenvalue weighted by molar-refractivity contribution is 0.0950. The molecule has 6 heteroatoms. The largest absolute Gasteiger partial charge is 0.309 e. The summed E-state index contributed by atoms with van der Waals surface area (Å²) in [7, 11) is 0. The van der Waals surface area contributed by atoms with Crippen LogP contribution in [-0.4, -0.2) is 28.5 Å². The average molecular weight is 304 g/mol. The Morgan fingerprint density at radius 1 is 1.41 bits per heavy atom. The number of hydrogen-bond donors (Lipinski definition) is 2. The summed E-state index contributed by atoms with van der Waals surface area (Å²) < 4.78 is 1.90. The van der Waals surface area contributed by atoms with Crippen molar-refractivity contribution in [1.29, 1.82) is 0 Å². The molecule has 3 N–H and O–H groups in total. The van der Waals surface area contributed by atoms with Crippen molar-refractivity contribution in [2.45, 2.75) is 51.6 Å². The Hall–Kier alpha value is -1.66. The molecule has 0 aromatic carbocycles. The zero-order chi connectivity index (χ0) is 15.7. The molecule has 1 aromatic heterocycles. The number of rotatable bonds is 3. The Kier molecular flexibility index (Phi) is 4.31. The third-order valence-electron chi connectivity index (χ3n) is 5.00. The topological polar surface area (TPSA) is 80.4 Å². The summed E-state index contributed by atoms with van der Waals surface area (Å²) in [5, 5.41) is 0. The lowest BCUT2D eigenvalue weighted by Crippen LogP contribution is -2.41. The first-order chi connectivity index (χ1) is 10.7. The van der Waals surface area contributed by atoms with Crippen LogP contribution >= 0.6 is 0 Å². The molecule has 1 aliphatic heterocycles. The van der Waals surface area contributed by atoms with Gasteiger partial charge in [0.1, 0.15) is 5.56 Å². The van der Waals surface area contributed by atoms with Gasteiger partial charge < -0.3 is 4.57 Å². The van der Waals surface area contributed by atoms with Gasteiger partial charge in [-0.25, -0.2) is 5.84 Å². The maximum atomic E-state index is 12.8. The van der Waals surface area contributed by atoms with E-state index in [9.17, 15) is 9.59 Å². The molecule has 0 atom stereocenters. The van der Waals surface area contributed by atoms with E-state index in [1.165, 1.54) is 0 Å². The highest BCUT2D eigenvalue weighted by molar-refractivity contribution is 5.93. The molecule has 0 unspecified atom stereocenters. The number of fused-ring (bicyclic) bond motifs is 1. The number of aromatic nitrogens is 1. The van der Waals surface area contributed by atoms with E-state index >= 15 is 0 Å². The highest BCUT2D eigenvalue weighted by Crippen LogP contribution is 2.31. The van der Waals surface area contributed by atoms with Crippen LogP contribution in [0.4, 0.5) is 0 Å². The maximum Gasteiger partial charge on any atom is 0.270 e. The number of carbonyl (C=O) groups excluding carboxylic acids is 1. The van der Waals surface area contributed by atoms with Gasteiger partial charge in [-0.1, -0.05) is 19.8 Å². The van der Waals surface area contributed by atoms with Gasteiger partial charge in [-0.15, -0.1) is 0 Å². The second-order valence-corrected chi connectivity index (χ2v) is 6.24. The molecule has 2 heterocycles. The maximum absolute atomic E-state index is 12.8. The van der Waals surface area contributed by atoms with Crippen molar-refractivity contribution in [3.8, 4) is 0 Å². The zero-order valence-electron chi connectivity index (χ0n) is 13.1. The minimum Gasteiger partial charge on any atom is -0.309 e. The Bertz CT molecular complexity index is 632. The van der Waals surface area contributed by atoms with E-state index in [0.29, 0.717) is 0 Å². The van der Waals surface area contributed by atoms with Crippen molar-refractivity contribution in [2.75, 3.05) is 13.1 Å². The number of pyridine rings is 1. The number of likely N-dealkylation sites (N-methyl/N-ethyl adjacent to an activating group) is 1. The molecule has 1 aromatic rings. The number of nitrogens with two attached hydrogens (primary N) is 1. The Morgan fingerprint density at radius 2 is 2.14 bits per heavy atom. The predicted molar refractivity (Wildman–Crippen MR) is 84.5 cm³/mol. The third kappa shape index (κ3) is 2.57. The number of nitrogen functional groups attached to an aromatic ring is 1. The number of hydrogen-bond acceptors (Lipinski definition) is 4. The molecule has 1 aliphatic carbocycles.